The number of hydrogen-bond donors (Lipinski definition) is 1. The average Bonchev–Trinajstić information content (AvgIpc) is 2.96. The molecule has 3 rings (SSSR count). The fourth-order valence-electron chi connectivity index (χ4n) is 1.86. The van der Waals surface area contributed by atoms with E-state index in [9.17, 15) is 0 Å². The highest BCUT2D eigenvalue weighted by molar-refractivity contribution is 5.78. The van der Waals surface area contributed by atoms with Crippen LogP contribution in [0.4, 0.5) is 0 Å². The number of pyridine rings is 1. The van der Waals surface area contributed by atoms with E-state index in [2.05, 4.69) is 25.6 Å². The molecular formula is C14H16N6O. The van der Waals surface area contributed by atoms with Crippen molar-refractivity contribution in [3.8, 4) is 5.82 Å². The summed E-state index contributed by atoms with van der Waals surface area (Å²) in [5, 5.41) is 11.2. The molecule has 1 N–H and O–H groups in total. The summed E-state index contributed by atoms with van der Waals surface area (Å²) in [4.78, 5) is 8.60. The smallest absolute Gasteiger partial charge is 0.225 e. The van der Waals surface area contributed by atoms with Crippen LogP contribution in [0.3, 0.4) is 0 Å². The van der Waals surface area contributed by atoms with Crippen LogP contribution in [0.2, 0.25) is 0 Å². The molecule has 1 aliphatic heterocycles. The zero-order chi connectivity index (χ0) is 14.7. The van der Waals surface area contributed by atoms with Gasteiger partial charge < -0.3 is 10.1 Å². The van der Waals surface area contributed by atoms with Gasteiger partial charge in [0.1, 0.15) is 5.69 Å². The van der Waals surface area contributed by atoms with Crippen molar-refractivity contribution in [1.29, 1.82) is 0 Å². The van der Waals surface area contributed by atoms with E-state index in [1.807, 2.05) is 38.2 Å². The minimum atomic E-state index is -0.379. The molecule has 0 aromatic carbocycles. The maximum absolute atomic E-state index is 5.60. The number of ether oxygens (including phenoxy) is 1. The highest BCUT2D eigenvalue weighted by Crippen LogP contribution is 2.07. The normalized spacial score (nSPS) is 17.4. The van der Waals surface area contributed by atoms with Crippen LogP contribution in [0.25, 0.3) is 5.82 Å². The van der Waals surface area contributed by atoms with Crippen LogP contribution in [0.15, 0.2) is 41.2 Å². The minimum Gasteiger partial charge on any atom is -0.347 e. The van der Waals surface area contributed by atoms with Crippen molar-refractivity contribution in [1.82, 2.24) is 25.3 Å². The topological polar surface area (TPSA) is 77.2 Å². The van der Waals surface area contributed by atoms with Crippen molar-refractivity contribution in [3.05, 3.63) is 47.6 Å². The molecule has 0 bridgehead atoms. The van der Waals surface area contributed by atoms with Crippen LogP contribution in [-0.2, 0) is 11.3 Å². The van der Waals surface area contributed by atoms with Crippen molar-refractivity contribution in [2.75, 3.05) is 0 Å². The Morgan fingerprint density at radius 2 is 2.24 bits per heavy atom. The molecule has 0 radical (unpaired) electrons. The Bertz CT molecular complexity index is 690. The molecule has 0 saturated heterocycles. The molecule has 0 aliphatic carbocycles. The molecule has 7 heteroatoms. The first kappa shape index (κ1) is 13.4. The van der Waals surface area contributed by atoms with Gasteiger partial charge in [-0.05, 0) is 31.6 Å². The Morgan fingerprint density at radius 3 is 3.00 bits per heavy atom. The maximum Gasteiger partial charge on any atom is 0.225 e. The third kappa shape index (κ3) is 3.32. The van der Waals surface area contributed by atoms with Crippen molar-refractivity contribution < 1.29 is 4.74 Å². The van der Waals surface area contributed by atoms with Gasteiger partial charge in [-0.3, -0.25) is 0 Å². The van der Waals surface area contributed by atoms with Crippen LogP contribution in [-0.4, -0.2) is 32.5 Å². The van der Waals surface area contributed by atoms with Gasteiger partial charge in [-0.15, -0.1) is 5.10 Å². The molecule has 0 fully saturated rings. The second kappa shape index (κ2) is 5.84. The van der Waals surface area contributed by atoms with E-state index in [0.29, 0.717) is 6.61 Å². The number of aromatic nitrogens is 4. The summed E-state index contributed by atoms with van der Waals surface area (Å²) in [7, 11) is 0. The van der Waals surface area contributed by atoms with Crippen LogP contribution in [0.1, 0.15) is 18.3 Å². The van der Waals surface area contributed by atoms with Gasteiger partial charge in [0.25, 0.3) is 0 Å². The summed E-state index contributed by atoms with van der Waals surface area (Å²) >= 11 is 0. The third-order valence-electron chi connectivity index (χ3n) is 2.91. The largest absolute Gasteiger partial charge is 0.347 e. The van der Waals surface area contributed by atoms with Crippen molar-refractivity contribution in [3.63, 3.8) is 0 Å². The molecule has 0 saturated carbocycles. The molecule has 21 heavy (non-hydrogen) atoms. The number of hydrogen-bond acceptors (Lipinski definition) is 6. The van der Waals surface area contributed by atoms with E-state index < -0.39 is 0 Å². The van der Waals surface area contributed by atoms with Crippen LogP contribution in [0.5, 0.6) is 0 Å². The summed E-state index contributed by atoms with van der Waals surface area (Å²) in [5.74, 6) is 0.737. The van der Waals surface area contributed by atoms with E-state index >= 15 is 0 Å². The van der Waals surface area contributed by atoms with E-state index in [4.69, 9.17) is 4.74 Å². The highest BCUT2D eigenvalue weighted by Gasteiger charge is 2.10. The van der Waals surface area contributed by atoms with Crippen molar-refractivity contribution in [2.24, 2.45) is 4.99 Å². The first-order valence-electron chi connectivity index (χ1n) is 6.63. The predicted molar refractivity (Wildman–Crippen MR) is 77.9 cm³/mol. The second-order valence-electron chi connectivity index (χ2n) is 4.79. The molecule has 0 amide bonds. The van der Waals surface area contributed by atoms with Gasteiger partial charge in [0.15, 0.2) is 5.82 Å². The summed E-state index contributed by atoms with van der Waals surface area (Å²) < 4.78 is 7.23. The monoisotopic (exact) mass is 284 g/mol. The Hall–Kier alpha value is -2.54. The number of rotatable bonds is 4. The number of nitrogens with one attached hydrogen (secondary N) is 1. The summed E-state index contributed by atoms with van der Waals surface area (Å²) in [5.41, 5.74) is 2.72. The Morgan fingerprint density at radius 1 is 1.33 bits per heavy atom. The lowest BCUT2D eigenvalue weighted by Crippen LogP contribution is -2.28. The van der Waals surface area contributed by atoms with Crippen LogP contribution >= 0.6 is 0 Å². The molecule has 1 unspecified atom stereocenters. The highest BCUT2D eigenvalue weighted by atomic mass is 16.5. The molecule has 2 aromatic heterocycles. The summed E-state index contributed by atoms with van der Waals surface area (Å²) in [6, 6.07) is 5.75. The number of nitrogens with zero attached hydrogens (tertiary/aromatic N) is 5. The Balaban J connectivity index is 1.62. The van der Waals surface area contributed by atoms with Crippen molar-refractivity contribution in [2.45, 2.75) is 26.8 Å². The Labute approximate surface area is 122 Å². The molecule has 108 valence electrons. The SMILES string of the molecule is CC1=CNC(OCc2cn(-c3cccc(C)n3)nn2)N=C1. The van der Waals surface area contributed by atoms with Crippen LogP contribution < -0.4 is 5.32 Å². The van der Waals surface area contributed by atoms with Gasteiger partial charge in [0, 0.05) is 18.1 Å². The fourth-order valence-corrected chi connectivity index (χ4v) is 1.86. The molecule has 2 aromatic rings. The first-order chi connectivity index (χ1) is 10.2. The van der Waals surface area contributed by atoms with Gasteiger partial charge in [0.05, 0.1) is 12.8 Å². The summed E-state index contributed by atoms with van der Waals surface area (Å²) in [6.45, 7) is 4.23. The van der Waals surface area contributed by atoms with E-state index in [1.54, 1.807) is 17.1 Å². The van der Waals surface area contributed by atoms with E-state index in [-0.39, 0.29) is 6.35 Å². The molecule has 1 atom stereocenters. The maximum atomic E-state index is 5.60. The van der Waals surface area contributed by atoms with Gasteiger partial charge in [-0.1, -0.05) is 11.3 Å². The lowest BCUT2D eigenvalue weighted by molar-refractivity contribution is 0.0306. The zero-order valence-electron chi connectivity index (χ0n) is 11.9. The summed E-state index contributed by atoms with van der Waals surface area (Å²) in [6.07, 6.45) is 5.06. The first-order valence-corrected chi connectivity index (χ1v) is 6.63. The van der Waals surface area contributed by atoms with Gasteiger partial charge in [0.2, 0.25) is 6.35 Å². The van der Waals surface area contributed by atoms with E-state index in [1.165, 1.54) is 0 Å². The second-order valence-corrected chi connectivity index (χ2v) is 4.79. The molecular weight excluding hydrogens is 268 g/mol. The van der Waals surface area contributed by atoms with Gasteiger partial charge in [-0.25, -0.2) is 14.7 Å². The standard InChI is InChI=1S/C14H16N6O/c1-10-6-15-14(16-7-10)21-9-12-8-20(19-18-12)13-5-3-4-11(2)17-13/h3-8,14-15H,9H2,1-2H3. The third-order valence-corrected chi connectivity index (χ3v) is 2.91. The Kier molecular flexibility index (Phi) is 3.74. The minimum absolute atomic E-state index is 0.327. The average molecular weight is 284 g/mol. The molecule has 3 heterocycles. The van der Waals surface area contributed by atoms with Gasteiger partial charge >= 0.3 is 0 Å². The van der Waals surface area contributed by atoms with Crippen molar-refractivity contribution >= 4 is 6.21 Å². The number of aliphatic imine (C=N–C) groups is 1. The lowest BCUT2D eigenvalue weighted by atomic mass is 10.3. The number of allylic oxidation sites excluding steroid dienone is 1. The van der Waals surface area contributed by atoms with Gasteiger partial charge in [-0.2, -0.15) is 0 Å². The fraction of sp³-hybridized carbons (Fsp3) is 0.286. The van der Waals surface area contributed by atoms with E-state index in [0.717, 1.165) is 22.8 Å². The molecule has 1 aliphatic rings. The van der Waals surface area contributed by atoms with Crippen LogP contribution in [0, 0.1) is 6.92 Å². The molecule has 7 nitrogen and oxygen atoms in total. The quantitative estimate of drug-likeness (QED) is 0.917. The lowest BCUT2D eigenvalue weighted by Gasteiger charge is -2.16. The zero-order valence-corrected chi connectivity index (χ0v) is 11.9. The number of aryl methyl sites for hydroxylation is 1. The predicted octanol–water partition coefficient (Wildman–Crippen LogP) is 1.35. The molecule has 0 spiro atoms.